The molecule has 3 aromatic rings. The SMILES string of the molecule is O=C(O)c1ccc2c(c1)nc(-c1ccc(C(=O)NCC(F)(F)F)cc1)n2C1CCCC1. The number of amides is 1. The van der Waals surface area contributed by atoms with Crippen molar-refractivity contribution in [2.24, 2.45) is 0 Å². The highest BCUT2D eigenvalue weighted by Crippen LogP contribution is 2.37. The van der Waals surface area contributed by atoms with Crippen LogP contribution >= 0.6 is 0 Å². The third-order valence-corrected chi connectivity index (χ3v) is 5.48. The standard InChI is InChI=1S/C22H20F3N3O3/c23-22(24,25)12-26-20(29)14-7-5-13(6-8-14)19-27-17-11-15(21(30)31)9-10-18(17)28(19)16-3-1-2-4-16/h5-11,16H,1-4,12H2,(H,26,29)(H,30,31). The van der Waals surface area contributed by atoms with Gasteiger partial charge in [-0.2, -0.15) is 13.2 Å². The zero-order valence-electron chi connectivity index (χ0n) is 16.4. The number of imidazole rings is 1. The Balaban J connectivity index is 1.70. The number of alkyl halides is 3. The molecule has 0 aliphatic heterocycles. The average molecular weight is 431 g/mol. The number of rotatable bonds is 5. The first-order valence-electron chi connectivity index (χ1n) is 9.93. The maximum atomic E-state index is 12.3. The highest BCUT2D eigenvalue weighted by molar-refractivity contribution is 5.95. The third kappa shape index (κ3) is 4.40. The predicted molar refractivity (Wildman–Crippen MR) is 108 cm³/mol. The molecule has 1 aliphatic carbocycles. The predicted octanol–water partition coefficient (Wildman–Crippen LogP) is 4.81. The Labute approximate surface area is 175 Å². The molecule has 1 saturated carbocycles. The second-order valence-electron chi connectivity index (χ2n) is 7.63. The fourth-order valence-electron chi connectivity index (χ4n) is 4.02. The number of nitrogens with one attached hydrogen (secondary N) is 1. The first-order valence-corrected chi connectivity index (χ1v) is 9.93. The highest BCUT2D eigenvalue weighted by Gasteiger charge is 2.28. The summed E-state index contributed by atoms with van der Waals surface area (Å²) in [5, 5.41) is 11.1. The van der Waals surface area contributed by atoms with E-state index in [9.17, 15) is 27.9 Å². The first kappa shape index (κ1) is 20.9. The minimum absolute atomic E-state index is 0.115. The second-order valence-corrected chi connectivity index (χ2v) is 7.63. The van der Waals surface area contributed by atoms with E-state index in [1.165, 1.54) is 18.2 Å². The van der Waals surface area contributed by atoms with E-state index < -0.39 is 24.6 Å². The molecule has 0 spiro atoms. The van der Waals surface area contributed by atoms with E-state index in [1.807, 2.05) is 5.32 Å². The summed E-state index contributed by atoms with van der Waals surface area (Å²) >= 11 is 0. The molecular weight excluding hydrogens is 411 g/mol. The van der Waals surface area contributed by atoms with Crippen molar-refractivity contribution in [3.8, 4) is 11.4 Å². The van der Waals surface area contributed by atoms with Crippen LogP contribution in [0.3, 0.4) is 0 Å². The number of hydrogen-bond acceptors (Lipinski definition) is 3. The fraction of sp³-hybridized carbons (Fsp3) is 0.318. The van der Waals surface area contributed by atoms with Crippen molar-refractivity contribution in [3.63, 3.8) is 0 Å². The summed E-state index contributed by atoms with van der Waals surface area (Å²) in [6, 6.07) is 11.3. The molecule has 4 rings (SSSR count). The van der Waals surface area contributed by atoms with Crippen LogP contribution in [0, 0.1) is 0 Å². The van der Waals surface area contributed by atoms with E-state index in [2.05, 4.69) is 9.55 Å². The van der Waals surface area contributed by atoms with Gasteiger partial charge in [-0.3, -0.25) is 4.79 Å². The fourth-order valence-corrected chi connectivity index (χ4v) is 4.02. The zero-order chi connectivity index (χ0) is 22.2. The largest absolute Gasteiger partial charge is 0.478 e. The number of carbonyl (C=O) groups excluding carboxylic acids is 1. The Morgan fingerprint density at radius 2 is 1.71 bits per heavy atom. The van der Waals surface area contributed by atoms with Crippen LogP contribution in [0.2, 0.25) is 0 Å². The Kier molecular flexibility index (Phi) is 5.43. The number of carbonyl (C=O) groups is 2. The summed E-state index contributed by atoms with van der Waals surface area (Å²) in [6.07, 6.45) is -0.324. The van der Waals surface area contributed by atoms with Crippen LogP contribution in [0.25, 0.3) is 22.4 Å². The van der Waals surface area contributed by atoms with Crippen LogP contribution in [-0.2, 0) is 0 Å². The lowest BCUT2D eigenvalue weighted by Crippen LogP contribution is -2.33. The van der Waals surface area contributed by atoms with Gasteiger partial charge >= 0.3 is 12.1 Å². The molecule has 0 radical (unpaired) electrons. The van der Waals surface area contributed by atoms with Gasteiger partial charge in [0.2, 0.25) is 0 Å². The van der Waals surface area contributed by atoms with E-state index >= 15 is 0 Å². The van der Waals surface area contributed by atoms with E-state index in [0.717, 1.165) is 31.2 Å². The average Bonchev–Trinajstić information content (AvgIpc) is 3.38. The summed E-state index contributed by atoms with van der Waals surface area (Å²) in [5.74, 6) is -1.20. The maximum absolute atomic E-state index is 12.3. The minimum Gasteiger partial charge on any atom is -0.478 e. The van der Waals surface area contributed by atoms with Crippen LogP contribution in [0.1, 0.15) is 52.4 Å². The van der Waals surface area contributed by atoms with E-state index in [1.54, 1.807) is 24.3 Å². The number of fused-ring (bicyclic) bond motifs is 1. The molecule has 1 aliphatic rings. The topological polar surface area (TPSA) is 84.2 Å². The van der Waals surface area contributed by atoms with Crippen molar-refractivity contribution < 1.29 is 27.9 Å². The normalized spacial score (nSPS) is 14.8. The number of aromatic nitrogens is 2. The Bertz CT molecular complexity index is 1130. The van der Waals surface area contributed by atoms with E-state index in [-0.39, 0.29) is 17.2 Å². The van der Waals surface area contributed by atoms with Crippen LogP contribution in [0.15, 0.2) is 42.5 Å². The maximum Gasteiger partial charge on any atom is 0.405 e. The monoisotopic (exact) mass is 431 g/mol. The second kappa shape index (κ2) is 8.05. The van der Waals surface area contributed by atoms with Gasteiger partial charge in [-0.05, 0) is 43.2 Å². The summed E-state index contributed by atoms with van der Waals surface area (Å²) < 4.78 is 39.1. The molecule has 0 unspecified atom stereocenters. The number of carboxylic acid groups (broad SMARTS) is 1. The number of carboxylic acids is 1. The van der Waals surface area contributed by atoms with Crippen LogP contribution in [0.5, 0.6) is 0 Å². The van der Waals surface area contributed by atoms with E-state index in [4.69, 9.17) is 0 Å². The molecule has 6 nitrogen and oxygen atoms in total. The number of halogens is 3. The van der Waals surface area contributed by atoms with Gasteiger partial charge in [0, 0.05) is 17.2 Å². The van der Waals surface area contributed by atoms with Gasteiger partial charge < -0.3 is 15.0 Å². The summed E-state index contributed by atoms with van der Waals surface area (Å²) in [6.45, 7) is -1.39. The van der Waals surface area contributed by atoms with Gasteiger partial charge in [-0.15, -0.1) is 0 Å². The summed E-state index contributed by atoms with van der Waals surface area (Å²) in [4.78, 5) is 28.0. The molecule has 2 aromatic carbocycles. The molecular formula is C22H20F3N3O3. The summed E-state index contributed by atoms with van der Waals surface area (Å²) in [7, 11) is 0. The highest BCUT2D eigenvalue weighted by atomic mass is 19.4. The molecule has 9 heteroatoms. The quantitative estimate of drug-likeness (QED) is 0.607. The number of benzene rings is 2. The van der Waals surface area contributed by atoms with Crippen molar-refractivity contribution >= 4 is 22.9 Å². The van der Waals surface area contributed by atoms with Gasteiger partial charge in [0.05, 0.1) is 16.6 Å². The minimum atomic E-state index is -4.48. The molecule has 0 saturated heterocycles. The Hall–Kier alpha value is -3.36. The smallest absolute Gasteiger partial charge is 0.405 e. The third-order valence-electron chi connectivity index (χ3n) is 5.48. The van der Waals surface area contributed by atoms with Gasteiger partial charge in [-0.25, -0.2) is 9.78 Å². The molecule has 1 fully saturated rings. The van der Waals surface area contributed by atoms with Crippen LogP contribution in [0.4, 0.5) is 13.2 Å². The summed E-state index contributed by atoms with van der Waals surface area (Å²) in [5.41, 5.74) is 2.36. The lowest BCUT2D eigenvalue weighted by atomic mass is 10.1. The van der Waals surface area contributed by atoms with Crippen molar-refractivity contribution in [2.45, 2.75) is 37.9 Å². The first-order chi connectivity index (χ1) is 14.7. The van der Waals surface area contributed by atoms with E-state index in [0.29, 0.717) is 16.9 Å². The molecule has 2 N–H and O–H groups in total. The molecule has 0 bridgehead atoms. The number of aromatic carboxylic acids is 1. The van der Waals surface area contributed by atoms with Gasteiger partial charge in [0.1, 0.15) is 12.4 Å². The lowest BCUT2D eigenvalue weighted by molar-refractivity contribution is -0.123. The van der Waals surface area contributed by atoms with Crippen molar-refractivity contribution in [1.29, 1.82) is 0 Å². The van der Waals surface area contributed by atoms with Crippen molar-refractivity contribution in [1.82, 2.24) is 14.9 Å². The number of nitrogens with zero attached hydrogens (tertiary/aromatic N) is 2. The molecule has 1 aromatic heterocycles. The molecule has 0 atom stereocenters. The van der Waals surface area contributed by atoms with Gasteiger partial charge in [0.15, 0.2) is 0 Å². The van der Waals surface area contributed by atoms with Gasteiger partial charge in [0.25, 0.3) is 5.91 Å². The van der Waals surface area contributed by atoms with Crippen LogP contribution in [-0.4, -0.2) is 39.3 Å². The Morgan fingerprint density at radius 3 is 2.32 bits per heavy atom. The molecule has 31 heavy (non-hydrogen) atoms. The Morgan fingerprint density at radius 1 is 1.06 bits per heavy atom. The van der Waals surface area contributed by atoms with Crippen molar-refractivity contribution in [3.05, 3.63) is 53.6 Å². The van der Waals surface area contributed by atoms with Crippen molar-refractivity contribution in [2.75, 3.05) is 6.54 Å². The van der Waals surface area contributed by atoms with Gasteiger partial charge in [-0.1, -0.05) is 25.0 Å². The van der Waals surface area contributed by atoms with Crippen LogP contribution < -0.4 is 5.32 Å². The molecule has 1 amide bonds. The molecule has 1 heterocycles. The number of hydrogen-bond donors (Lipinski definition) is 2. The molecule has 162 valence electrons. The lowest BCUT2D eigenvalue weighted by Gasteiger charge is -2.17. The zero-order valence-corrected chi connectivity index (χ0v) is 16.4.